The van der Waals surface area contributed by atoms with Gasteiger partial charge < -0.3 is 9.64 Å². The quantitative estimate of drug-likeness (QED) is 0.696. The standard InChI is InChI=1S/C26H33N3O2/c1-19-16-31-17-20(2)29(19)24-11-10-22(13-27-24)12-23-15-28(18-26(3,4)25(23)30)14-21-8-6-5-7-9-21/h5-13,19-20H,14-18H2,1-4H3. The van der Waals surface area contributed by atoms with Crippen molar-refractivity contribution in [3.63, 3.8) is 0 Å². The number of pyridine rings is 1. The highest BCUT2D eigenvalue weighted by Crippen LogP contribution is 2.31. The van der Waals surface area contributed by atoms with Crippen molar-refractivity contribution in [1.82, 2.24) is 9.88 Å². The van der Waals surface area contributed by atoms with Crippen molar-refractivity contribution in [3.05, 3.63) is 65.4 Å². The molecule has 164 valence electrons. The van der Waals surface area contributed by atoms with Crippen LogP contribution in [0.1, 0.15) is 38.8 Å². The average Bonchev–Trinajstić information content (AvgIpc) is 2.73. The first-order valence-corrected chi connectivity index (χ1v) is 11.2. The van der Waals surface area contributed by atoms with Crippen LogP contribution in [0.2, 0.25) is 0 Å². The maximum absolute atomic E-state index is 13.1. The van der Waals surface area contributed by atoms with Crippen molar-refractivity contribution in [2.45, 2.75) is 46.3 Å². The van der Waals surface area contributed by atoms with E-state index in [1.165, 1.54) is 5.56 Å². The number of Topliss-reactive ketones (excluding diaryl/α,β-unsaturated/α-hetero) is 1. The molecule has 0 saturated carbocycles. The third kappa shape index (κ3) is 4.89. The fourth-order valence-electron chi connectivity index (χ4n) is 4.79. The van der Waals surface area contributed by atoms with Crippen molar-refractivity contribution in [2.24, 2.45) is 5.41 Å². The highest BCUT2D eigenvalue weighted by atomic mass is 16.5. The maximum atomic E-state index is 13.1. The van der Waals surface area contributed by atoms with E-state index in [9.17, 15) is 4.79 Å². The van der Waals surface area contributed by atoms with Gasteiger partial charge in [0.25, 0.3) is 0 Å². The number of piperidine rings is 1. The molecule has 2 aliphatic heterocycles. The van der Waals surface area contributed by atoms with Gasteiger partial charge in [-0.05, 0) is 43.2 Å². The minimum Gasteiger partial charge on any atom is -0.377 e. The smallest absolute Gasteiger partial charge is 0.167 e. The van der Waals surface area contributed by atoms with E-state index >= 15 is 0 Å². The second-order valence-corrected chi connectivity index (χ2v) is 9.61. The molecule has 0 N–H and O–H groups in total. The van der Waals surface area contributed by atoms with Crippen LogP contribution in [0.3, 0.4) is 0 Å². The van der Waals surface area contributed by atoms with Crippen LogP contribution in [-0.4, -0.2) is 54.1 Å². The molecule has 1 aromatic carbocycles. The van der Waals surface area contributed by atoms with Gasteiger partial charge in [-0.1, -0.05) is 44.2 Å². The van der Waals surface area contributed by atoms with Gasteiger partial charge >= 0.3 is 0 Å². The minimum absolute atomic E-state index is 0.233. The first-order valence-electron chi connectivity index (χ1n) is 11.2. The summed E-state index contributed by atoms with van der Waals surface area (Å²) in [6.07, 6.45) is 3.90. The summed E-state index contributed by atoms with van der Waals surface area (Å²) >= 11 is 0. The fraction of sp³-hybridized carbons (Fsp3) is 0.462. The van der Waals surface area contributed by atoms with E-state index in [1.807, 2.05) is 32.2 Å². The first kappa shape index (κ1) is 21.7. The van der Waals surface area contributed by atoms with Gasteiger partial charge in [0.05, 0.1) is 25.3 Å². The number of ketones is 1. The van der Waals surface area contributed by atoms with Gasteiger partial charge in [-0.2, -0.15) is 0 Å². The molecule has 5 nitrogen and oxygen atoms in total. The molecule has 1 aromatic heterocycles. The van der Waals surface area contributed by atoms with Gasteiger partial charge in [-0.15, -0.1) is 0 Å². The lowest BCUT2D eigenvalue weighted by Crippen LogP contribution is -2.50. The van der Waals surface area contributed by atoms with Crippen LogP contribution in [0.15, 0.2) is 54.2 Å². The Morgan fingerprint density at radius 1 is 1.10 bits per heavy atom. The number of carbonyl (C=O) groups is 1. The van der Waals surface area contributed by atoms with E-state index in [4.69, 9.17) is 9.72 Å². The number of hydrogen-bond acceptors (Lipinski definition) is 5. The molecule has 2 fully saturated rings. The topological polar surface area (TPSA) is 45.7 Å². The number of hydrogen-bond donors (Lipinski definition) is 0. The molecule has 2 atom stereocenters. The Balaban J connectivity index is 1.53. The van der Waals surface area contributed by atoms with Crippen LogP contribution >= 0.6 is 0 Å². The molecular formula is C26H33N3O2. The second kappa shape index (κ2) is 8.93. The zero-order chi connectivity index (χ0) is 22.0. The van der Waals surface area contributed by atoms with Crippen LogP contribution in [0.25, 0.3) is 6.08 Å². The monoisotopic (exact) mass is 419 g/mol. The number of carbonyl (C=O) groups excluding carboxylic acids is 1. The Hall–Kier alpha value is -2.50. The minimum atomic E-state index is -0.398. The lowest BCUT2D eigenvalue weighted by molar-refractivity contribution is -0.126. The lowest BCUT2D eigenvalue weighted by Gasteiger charge is -2.39. The Morgan fingerprint density at radius 2 is 1.81 bits per heavy atom. The Morgan fingerprint density at radius 3 is 2.45 bits per heavy atom. The molecule has 0 bridgehead atoms. The van der Waals surface area contributed by atoms with Gasteiger partial charge in [0.2, 0.25) is 0 Å². The molecule has 31 heavy (non-hydrogen) atoms. The molecule has 2 unspecified atom stereocenters. The molecule has 2 saturated heterocycles. The van der Waals surface area contributed by atoms with Crippen LogP contribution in [-0.2, 0) is 16.1 Å². The van der Waals surface area contributed by atoms with Gasteiger partial charge in [0.15, 0.2) is 5.78 Å². The van der Waals surface area contributed by atoms with Gasteiger partial charge in [-0.3, -0.25) is 9.69 Å². The maximum Gasteiger partial charge on any atom is 0.167 e. The van der Waals surface area contributed by atoms with E-state index < -0.39 is 5.41 Å². The van der Waals surface area contributed by atoms with E-state index in [0.717, 1.165) is 43.3 Å². The number of likely N-dealkylation sites (tertiary alicyclic amines) is 1. The molecule has 4 rings (SSSR count). The van der Waals surface area contributed by atoms with Crippen molar-refractivity contribution in [1.29, 1.82) is 0 Å². The van der Waals surface area contributed by atoms with Crippen LogP contribution in [0.4, 0.5) is 5.82 Å². The highest BCUT2D eigenvalue weighted by Gasteiger charge is 2.37. The summed E-state index contributed by atoms with van der Waals surface area (Å²) in [5, 5.41) is 0. The third-order valence-corrected chi connectivity index (χ3v) is 6.21. The SMILES string of the molecule is CC1COCC(C)N1c1ccc(C=C2CN(Cc3ccccc3)CC(C)(C)C2=O)cn1. The van der Waals surface area contributed by atoms with E-state index in [1.54, 1.807) is 0 Å². The van der Waals surface area contributed by atoms with Crippen LogP contribution < -0.4 is 4.90 Å². The van der Waals surface area contributed by atoms with Crippen LogP contribution in [0.5, 0.6) is 0 Å². The van der Waals surface area contributed by atoms with Gasteiger partial charge in [0.1, 0.15) is 5.82 Å². The van der Waals surface area contributed by atoms with Crippen molar-refractivity contribution >= 4 is 17.7 Å². The predicted molar refractivity (Wildman–Crippen MR) is 125 cm³/mol. The van der Waals surface area contributed by atoms with E-state index in [2.05, 4.69) is 60.0 Å². The van der Waals surface area contributed by atoms with Gasteiger partial charge in [0, 0.05) is 36.8 Å². The Bertz CT molecular complexity index is 927. The normalized spacial score (nSPS) is 25.7. The van der Waals surface area contributed by atoms with Gasteiger partial charge in [-0.25, -0.2) is 4.98 Å². The largest absolute Gasteiger partial charge is 0.377 e. The van der Waals surface area contributed by atoms with E-state index in [-0.39, 0.29) is 5.78 Å². The number of nitrogens with zero attached hydrogens (tertiary/aromatic N) is 3. The second-order valence-electron chi connectivity index (χ2n) is 9.61. The Labute approximate surface area is 185 Å². The predicted octanol–water partition coefficient (Wildman–Crippen LogP) is 4.19. The van der Waals surface area contributed by atoms with Crippen LogP contribution in [0, 0.1) is 5.41 Å². The summed E-state index contributed by atoms with van der Waals surface area (Å²) in [6.45, 7) is 12.1. The van der Waals surface area contributed by atoms with Crippen molar-refractivity contribution in [3.8, 4) is 0 Å². The molecule has 0 amide bonds. The van der Waals surface area contributed by atoms with Crippen molar-refractivity contribution in [2.75, 3.05) is 31.2 Å². The zero-order valence-electron chi connectivity index (χ0n) is 19.0. The average molecular weight is 420 g/mol. The number of morpholine rings is 1. The molecule has 2 aromatic rings. The molecule has 0 aliphatic carbocycles. The zero-order valence-corrected chi connectivity index (χ0v) is 19.0. The summed E-state index contributed by atoms with van der Waals surface area (Å²) in [6, 6.07) is 15.2. The summed E-state index contributed by atoms with van der Waals surface area (Å²) in [7, 11) is 0. The van der Waals surface area contributed by atoms with E-state index in [0.29, 0.717) is 18.6 Å². The molecule has 0 radical (unpaired) electrons. The summed E-state index contributed by atoms with van der Waals surface area (Å²) in [5.74, 6) is 1.20. The summed E-state index contributed by atoms with van der Waals surface area (Å²) in [5.41, 5.74) is 2.70. The fourth-order valence-corrected chi connectivity index (χ4v) is 4.79. The first-order chi connectivity index (χ1) is 14.8. The number of aromatic nitrogens is 1. The molecule has 5 heteroatoms. The number of benzene rings is 1. The molecule has 2 aliphatic rings. The Kier molecular flexibility index (Phi) is 6.26. The number of anilines is 1. The number of ether oxygens (including phenoxy) is 1. The lowest BCUT2D eigenvalue weighted by atomic mass is 9.79. The summed E-state index contributed by atoms with van der Waals surface area (Å²) < 4.78 is 5.63. The third-order valence-electron chi connectivity index (χ3n) is 6.21. The summed E-state index contributed by atoms with van der Waals surface area (Å²) in [4.78, 5) is 22.5. The van der Waals surface area contributed by atoms with Crippen molar-refractivity contribution < 1.29 is 9.53 Å². The molecule has 0 spiro atoms. The molecular weight excluding hydrogens is 386 g/mol. The highest BCUT2D eigenvalue weighted by molar-refractivity contribution is 6.04. The molecule has 3 heterocycles. The number of rotatable bonds is 4.